The van der Waals surface area contributed by atoms with Crippen molar-refractivity contribution >= 4 is 32.6 Å². The number of rotatable bonds is 2. The van der Waals surface area contributed by atoms with Crippen LogP contribution in [0.5, 0.6) is 0 Å². The molecule has 0 saturated heterocycles. The number of anilines is 1. The monoisotopic (exact) mass is 326 g/mol. The van der Waals surface area contributed by atoms with Crippen molar-refractivity contribution in [3.8, 4) is 0 Å². The summed E-state index contributed by atoms with van der Waals surface area (Å²) in [4.78, 5) is 15.7. The first-order chi connectivity index (χ1) is 10.4. The lowest BCUT2D eigenvalue weighted by Crippen LogP contribution is -2.13. The average molecular weight is 326 g/mol. The highest BCUT2D eigenvalue weighted by molar-refractivity contribution is 7.22. The molecule has 0 radical (unpaired) electrons. The summed E-state index contributed by atoms with van der Waals surface area (Å²) in [6.45, 7) is 0. The molecular formula is C14H6F4N2OS. The van der Waals surface area contributed by atoms with Gasteiger partial charge in [-0.15, -0.1) is 0 Å². The van der Waals surface area contributed by atoms with E-state index >= 15 is 0 Å². The van der Waals surface area contributed by atoms with Crippen molar-refractivity contribution in [2.75, 3.05) is 5.32 Å². The topological polar surface area (TPSA) is 42.0 Å². The van der Waals surface area contributed by atoms with E-state index in [0.717, 1.165) is 29.5 Å². The molecule has 2 aromatic carbocycles. The Balaban J connectivity index is 1.92. The molecule has 0 saturated carbocycles. The highest BCUT2D eigenvalue weighted by Gasteiger charge is 2.16. The first-order valence-electron chi connectivity index (χ1n) is 5.96. The maximum Gasteiger partial charge on any atom is 0.260 e. The van der Waals surface area contributed by atoms with Gasteiger partial charge in [0.15, 0.2) is 10.9 Å². The highest BCUT2D eigenvalue weighted by Crippen LogP contribution is 2.29. The van der Waals surface area contributed by atoms with Gasteiger partial charge in [-0.05, 0) is 18.2 Å². The van der Waals surface area contributed by atoms with Crippen LogP contribution in [0.15, 0.2) is 30.3 Å². The second-order valence-corrected chi connectivity index (χ2v) is 5.36. The average Bonchev–Trinajstić information content (AvgIpc) is 2.81. The molecule has 3 aromatic rings. The molecule has 1 N–H and O–H groups in total. The zero-order valence-corrected chi connectivity index (χ0v) is 11.5. The highest BCUT2D eigenvalue weighted by atomic mass is 32.1. The van der Waals surface area contributed by atoms with Crippen molar-refractivity contribution in [2.45, 2.75) is 0 Å². The van der Waals surface area contributed by atoms with Crippen molar-refractivity contribution in [1.29, 1.82) is 0 Å². The molecule has 22 heavy (non-hydrogen) atoms. The molecule has 1 aromatic heterocycles. The molecule has 0 aliphatic rings. The predicted molar refractivity (Wildman–Crippen MR) is 73.8 cm³/mol. The molecule has 3 rings (SSSR count). The summed E-state index contributed by atoms with van der Waals surface area (Å²) in [5.74, 6) is -4.34. The van der Waals surface area contributed by atoms with Crippen LogP contribution in [0, 0.1) is 23.3 Å². The number of halogens is 4. The maximum absolute atomic E-state index is 13.5. The molecule has 0 aliphatic carbocycles. The van der Waals surface area contributed by atoms with E-state index in [-0.39, 0.29) is 20.9 Å². The van der Waals surface area contributed by atoms with Crippen LogP contribution in [0.25, 0.3) is 10.2 Å². The summed E-state index contributed by atoms with van der Waals surface area (Å²) in [5, 5.41) is 2.25. The van der Waals surface area contributed by atoms with E-state index in [1.165, 1.54) is 0 Å². The fourth-order valence-electron chi connectivity index (χ4n) is 1.85. The Morgan fingerprint density at radius 1 is 1.00 bits per heavy atom. The van der Waals surface area contributed by atoms with E-state index in [2.05, 4.69) is 10.3 Å². The molecule has 112 valence electrons. The molecule has 0 bridgehead atoms. The number of fused-ring (bicyclic) bond motifs is 1. The predicted octanol–water partition coefficient (Wildman–Crippen LogP) is 4.11. The molecule has 0 atom stereocenters. The number of nitrogens with one attached hydrogen (secondary N) is 1. The van der Waals surface area contributed by atoms with Gasteiger partial charge >= 0.3 is 0 Å². The van der Waals surface area contributed by atoms with Gasteiger partial charge in [-0.25, -0.2) is 22.5 Å². The third-order valence-corrected chi connectivity index (χ3v) is 3.73. The number of hydrogen-bond acceptors (Lipinski definition) is 3. The third kappa shape index (κ3) is 2.64. The third-order valence-electron chi connectivity index (χ3n) is 2.81. The Labute approximate surface area is 125 Å². The van der Waals surface area contributed by atoms with Crippen molar-refractivity contribution in [3.63, 3.8) is 0 Å². The van der Waals surface area contributed by atoms with Crippen LogP contribution < -0.4 is 5.32 Å². The normalized spacial score (nSPS) is 10.9. The van der Waals surface area contributed by atoms with E-state index in [9.17, 15) is 22.4 Å². The Hall–Kier alpha value is -2.48. The molecule has 0 spiro atoms. The smallest absolute Gasteiger partial charge is 0.260 e. The van der Waals surface area contributed by atoms with Gasteiger partial charge in [-0.2, -0.15) is 0 Å². The summed E-state index contributed by atoms with van der Waals surface area (Å²) >= 11 is 0.838. The standard InChI is InChI=1S/C14H6F4N2OS/c15-6-1-2-8(9(17)3-6)13(21)20-14-19-12-10(18)4-7(16)5-11(12)22-14/h1-5H,(H,19,20,21). The lowest BCUT2D eigenvalue weighted by Gasteiger charge is -2.02. The van der Waals surface area contributed by atoms with E-state index in [1.807, 2.05) is 0 Å². The van der Waals surface area contributed by atoms with Gasteiger partial charge in [0.2, 0.25) is 0 Å². The molecular weight excluding hydrogens is 320 g/mol. The summed E-state index contributed by atoms with van der Waals surface area (Å²) in [6.07, 6.45) is 0. The zero-order chi connectivity index (χ0) is 15.9. The Bertz CT molecular complexity index is 894. The van der Waals surface area contributed by atoms with E-state index in [1.54, 1.807) is 0 Å². The summed E-state index contributed by atoms with van der Waals surface area (Å²) < 4.78 is 53.1. The quantitative estimate of drug-likeness (QED) is 0.720. The minimum absolute atomic E-state index is 0.0202. The number of benzene rings is 2. The van der Waals surface area contributed by atoms with Crippen LogP contribution in [0.2, 0.25) is 0 Å². The summed E-state index contributed by atoms with van der Waals surface area (Å²) in [6, 6.07) is 4.23. The Kier molecular flexibility index (Phi) is 3.53. The SMILES string of the molecule is O=C(Nc1nc2c(F)cc(F)cc2s1)c1ccc(F)cc1F. The van der Waals surface area contributed by atoms with E-state index < -0.39 is 29.2 Å². The van der Waals surface area contributed by atoms with Crippen LogP contribution in [-0.2, 0) is 0 Å². The minimum Gasteiger partial charge on any atom is -0.298 e. The lowest BCUT2D eigenvalue weighted by atomic mass is 10.2. The number of carbonyl (C=O) groups excluding carboxylic acids is 1. The second kappa shape index (κ2) is 5.38. The van der Waals surface area contributed by atoms with Crippen molar-refractivity contribution in [1.82, 2.24) is 4.98 Å². The second-order valence-electron chi connectivity index (χ2n) is 4.33. The molecule has 0 aliphatic heterocycles. The molecule has 1 amide bonds. The number of aromatic nitrogens is 1. The summed E-state index contributed by atoms with van der Waals surface area (Å²) in [5.41, 5.74) is -0.478. The number of hydrogen-bond donors (Lipinski definition) is 1. The fraction of sp³-hybridized carbons (Fsp3) is 0. The van der Waals surface area contributed by atoms with Crippen LogP contribution >= 0.6 is 11.3 Å². The van der Waals surface area contributed by atoms with Crippen molar-refractivity contribution in [3.05, 3.63) is 59.2 Å². The van der Waals surface area contributed by atoms with Crippen LogP contribution in [0.3, 0.4) is 0 Å². The van der Waals surface area contributed by atoms with Crippen molar-refractivity contribution in [2.24, 2.45) is 0 Å². The van der Waals surface area contributed by atoms with Gasteiger partial charge < -0.3 is 0 Å². The molecule has 0 unspecified atom stereocenters. The van der Waals surface area contributed by atoms with Gasteiger partial charge in [0, 0.05) is 12.1 Å². The van der Waals surface area contributed by atoms with Crippen LogP contribution in [0.1, 0.15) is 10.4 Å². The molecule has 0 fully saturated rings. The number of nitrogens with zero attached hydrogens (tertiary/aromatic N) is 1. The summed E-state index contributed by atoms with van der Waals surface area (Å²) in [7, 11) is 0. The van der Waals surface area contributed by atoms with Gasteiger partial charge in [-0.1, -0.05) is 11.3 Å². The van der Waals surface area contributed by atoms with Crippen LogP contribution in [0.4, 0.5) is 22.7 Å². The van der Waals surface area contributed by atoms with E-state index in [0.29, 0.717) is 12.1 Å². The first-order valence-corrected chi connectivity index (χ1v) is 6.77. The van der Waals surface area contributed by atoms with Gasteiger partial charge in [-0.3, -0.25) is 10.1 Å². The fourth-order valence-corrected chi connectivity index (χ4v) is 2.75. The van der Waals surface area contributed by atoms with Gasteiger partial charge in [0.05, 0.1) is 10.3 Å². The largest absolute Gasteiger partial charge is 0.298 e. The molecule has 3 nitrogen and oxygen atoms in total. The van der Waals surface area contributed by atoms with Gasteiger partial charge in [0.25, 0.3) is 5.91 Å². The van der Waals surface area contributed by atoms with Crippen molar-refractivity contribution < 1.29 is 22.4 Å². The first kappa shape index (κ1) is 14.5. The van der Waals surface area contributed by atoms with Crippen LogP contribution in [-0.4, -0.2) is 10.9 Å². The minimum atomic E-state index is -1.03. The number of thiazole rings is 1. The van der Waals surface area contributed by atoms with E-state index in [4.69, 9.17) is 0 Å². The Morgan fingerprint density at radius 3 is 2.45 bits per heavy atom. The maximum atomic E-state index is 13.5. The van der Waals surface area contributed by atoms with Gasteiger partial charge in [0.1, 0.15) is 23.0 Å². The number of carbonyl (C=O) groups is 1. The lowest BCUT2D eigenvalue weighted by molar-refractivity contribution is 0.102. The molecule has 8 heteroatoms. The Morgan fingerprint density at radius 2 is 1.73 bits per heavy atom. The zero-order valence-electron chi connectivity index (χ0n) is 10.7. The molecule has 1 heterocycles. The number of amides is 1.